The van der Waals surface area contributed by atoms with Gasteiger partial charge in [0.1, 0.15) is 17.6 Å². The number of ether oxygens (including phenoxy) is 1. The molecule has 32 heavy (non-hydrogen) atoms. The van der Waals surface area contributed by atoms with Crippen LogP contribution in [0.4, 0.5) is 0 Å². The lowest BCUT2D eigenvalue weighted by atomic mass is 9.60. The van der Waals surface area contributed by atoms with E-state index in [1.165, 1.54) is 19.3 Å². The summed E-state index contributed by atoms with van der Waals surface area (Å²) < 4.78 is 5.55. The minimum atomic E-state index is -1.13. The van der Waals surface area contributed by atoms with Crippen LogP contribution in [0, 0.1) is 34.5 Å². The van der Waals surface area contributed by atoms with E-state index in [0.29, 0.717) is 31.7 Å². The molecule has 1 spiro atoms. The van der Waals surface area contributed by atoms with E-state index in [0.717, 1.165) is 30.4 Å². The Kier molecular flexibility index (Phi) is 4.37. The van der Waals surface area contributed by atoms with E-state index in [4.69, 9.17) is 4.74 Å². The van der Waals surface area contributed by atoms with Crippen LogP contribution in [0.15, 0.2) is 23.8 Å². The van der Waals surface area contributed by atoms with Gasteiger partial charge in [0.05, 0.1) is 11.5 Å². The Balaban J connectivity index is 1.41. The van der Waals surface area contributed by atoms with E-state index >= 15 is 0 Å². The molecule has 8 atom stereocenters. The van der Waals surface area contributed by atoms with Gasteiger partial charge >= 0.3 is 5.97 Å². The van der Waals surface area contributed by atoms with Crippen molar-refractivity contribution in [3.05, 3.63) is 23.8 Å². The maximum absolute atomic E-state index is 13.9. The van der Waals surface area contributed by atoms with Gasteiger partial charge in [0.2, 0.25) is 5.91 Å². The molecule has 4 saturated carbocycles. The van der Waals surface area contributed by atoms with Gasteiger partial charge in [-0.3, -0.25) is 9.59 Å². The summed E-state index contributed by atoms with van der Waals surface area (Å²) in [5.41, 5.74) is -0.572. The van der Waals surface area contributed by atoms with E-state index in [2.05, 4.69) is 11.9 Å². The molecule has 174 valence electrons. The van der Waals surface area contributed by atoms with Crippen LogP contribution in [0.25, 0.3) is 0 Å². The summed E-state index contributed by atoms with van der Waals surface area (Å²) in [6, 6.07) is 0. The monoisotopic (exact) mass is 441 g/mol. The number of aliphatic hydroxyl groups is 2. The lowest BCUT2D eigenvalue weighted by Gasteiger charge is -2.43. The molecule has 5 fully saturated rings. The summed E-state index contributed by atoms with van der Waals surface area (Å²) in [5, 5.41) is 25.6. The number of hydrogen-bond acceptors (Lipinski definition) is 5. The summed E-state index contributed by atoms with van der Waals surface area (Å²) in [5.74, 6) is -0.681. The molecule has 3 N–H and O–H groups in total. The quantitative estimate of drug-likeness (QED) is 0.462. The molecule has 1 amide bonds. The molecule has 6 rings (SSSR count). The molecule has 0 aromatic rings. The van der Waals surface area contributed by atoms with Crippen molar-refractivity contribution < 1.29 is 24.5 Å². The summed E-state index contributed by atoms with van der Waals surface area (Å²) in [6.45, 7) is 6.65. The molecule has 5 aliphatic carbocycles. The van der Waals surface area contributed by atoms with Gasteiger partial charge in [0, 0.05) is 12.5 Å². The van der Waals surface area contributed by atoms with Crippen molar-refractivity contribution in [2.24, 2.45) is 34.5 Å². The van der Waals surface area contributed by atoms with Gasteiger partial charge in [-0.15, -0.1) is 0 Å². The highest BCUT2D eigenvalue weighted by molar-refractivity contribution is 5.87. The molecule has 1 saturated heterocycles. The van der Waals surface area contributed by atoms with Crippen molar-refractivity contribution in [2.45, 2.75) is 82.5 Å². The van der Waals surface area contributed by atoms with Gasteiger partial charge in [-0.05, 0) is 74.3 Å². The number of nitrogens with one attached hydrogen (secondary N) is 1. The summed E-state index contributed by atoms with van der Waals surface area (Å²) in [6.07, 6.45) is 8.90. The third kappa shape index (κ3) is 2.48. The zero-order valence-electron chi connectivity index (χ0n) is 18.9. The van der Waals surface area contributed by atoms with E-state index in [1.54, 1.807) is 6.92 Å². The van der Waals surface area contributed by atoms with E-state index in [-0.39, 0.29) is 11.8 Å². The Labute approximate surface area is 189 Å². The predicted molar refractivity (Wildman–Crippen MR) is 117 cm³/mol. The number of amides is 1. The number of hydrogen-bond donors (Lipinski definition) is 3. The third-order valence-electron chi connectivity index (χ3n) is 10.3. The lowest BCUT2D eigenvalue weighted by Crippen LogP contribution is -2.52. The van der Waals surface area contributed by atoms with E-state index < -0.39 is 46.4 Å². The Hall–Kier alpha value is -1.66. The Morgan fingerprint density at radius 3 is 2.78 bits per heavy atom. The molecule has 1 heterocycles. The second-order valence-electron chi connectivity index (χ2n) is 11.8. The van der Waals surface area contributed by atoms with Crippen LogP contribution in [0.3, 0.4) is 0 Å². The number of esters is 1. The summed E-state index contributed by atoms with van der Waals surface area (Å²) in [4.78, 5) is 27.0. The fourth-order valence-corrected chi connectivity index (χ4v) is 8.63. The topological polar surface area (TPSA) is 95.9 Å². The standard InChI is InChI=1S/C26H35NO5/c1-14-11-25-13-26(14,31)9-8-17(25)16-10-18-21(28)24(2,23(30)32-18)19(16)20(25)22(29)27-12-15-6-4-3-5-7-15/h10,15,17-21,28,31H,1,3-9,11-13H2,2H3,(H,27,29)/t17-,18-,19+,20+,21-,24-,25-,26-/m0/s1. The summed E-state index contributed by atoms with van der Waals surface area (Å²) in [7, 11) is 0. The van der Waals surface area contributed by atoms with Gasteiger partial charge in [-0.1, -0.05) is 31.4 Å². The number of allylic oxidation sites excluding steroid dienone is 1. The predicted octanol–water partition coefficient (Wildman–Crippen LogP) is 2.64. The van der Waals surface area contributed by atoms with Crippen molar-refractivity contribution >= 4 is 11.9 Å². The maximum atomic E-state index is 13.9. The number of carbonyl (C=O) groups is 2. The second kappa shape index (κ2) is 6.69. The van der Waals surface area contributed by atoms with Crippen LogP contribution in [0.5, 0.6) is 0 Å². The first-order chi connectivity index (χ1) is 15.2. The van der Waals surface area contributed by atoms with Gasteiger partial charge in [-0.2, -0.15) is 0 Å². The van der Waals surface area contributed by atoms with Crippen LogP contribution < -0.4 is 5.32 Å². The molecular formula is C26H35NO5. The van der Waals surface area contributed by atoms with Crippen molar-refractivity contribution in [3.63, 3.8) is 0 Å². The van der Waals surface area contributed by atoms with Crippen molar-refractivity contribution in [1.29, 1.82) is 0 Å². The minimum Gasteiger partial charge on any atom is -0.455 e. The van der Waals surface area contributed by atoms with Gasteiger partial charge in [-0.25, -0.2) is 0 Å². The Morgan fingerprint density at radius 1 is 1.28 bits per heavy atom. The van der Waals surface area contributed by atoms with E-state index in [1.807, 2.05) is 6.08 Å². The normalized spacial score (nSPS) is 49.3. The number of fused-ring (bicyclic) bond motifs is 6. The highest BCUT2D eigenvalue weighted by Crippen LogP contribution is 2.74. The zero-order valence-corrected chi connectivity index (χ0v) is 18.9. The molecule has 6 heteroatoms. The van der Waals surface area contributed by atoms with Crippen LogP contribution in [-0.4, -0.2) is 46.4 Å². The van der Waals surface area contributed by atoms with Gasteiger partial charge < -0.3 is 20.3 Å². The molecule has 0 radical (unpaired) electrons. The first-order valence-corrected chi connectivity index (χ1v) is 12.5. The van der Waals surface area contributed by atoms with Crippen molar-refractivity contribution in [1.82, 2.24) is 5.32 Å². The second-order valence-corrected chi connectivity index (χ2v) is 11.8. The molecule has 4 bridgehead atoms. The van der Waals surface area contributed by atoms with Crippen molar-refractivity contribution in [2.75, 3.05) is 6.54 Å². The van der Waals surface area contributed by atoms with Crippen LogP contribution in [-0.2, 0) is 14.3 Å². The molecule has 6 nitrogen and oxygen atoms in total. The molecule has 0 unspecified atom stereocenters. The fraction of sp³-hybridized carbons (Fsp3) is 0.769. The molecule has 1 aliphatic heterocycles. The first-order valence-electron chi connectivity index (χ1n) is 12.5. The molecule has 0 aromatic heterocycles. The Bertz CT molecular complexity index is 921. The first kappa shape index (κ1) is 20.9. The minimum absolute atomic E-state index is 0.0282. The number of aliphatic hydroxyl groups excluding tert-OH is 1. The van der Waals surface area contributed by atoms with E-state index in [9.17, 15) is 19.8 Å². The van der Waals surface area contributed by atoms with Crippen LogP contribution >= 0.6 is 0 Å². The van der Waals surface area contributed by atoms with Crippen LogP contribution in [0.2, 0.25) is 0 Å². The molecular weight excluding hydrogens is 406 g/mol. The lowest BCUT2D eigenvalue weighted by molar-refractivity contribution is -0.151. The third-order valence-corrected chi connectivity index (χ3v) is 10.3. The summed E-state index contributed by atoms with van der Waals surface area (Å²) >= 11 is 0. The fourth-order valence-electron chi connectivity index (χ4n) is 8.63. The van der Waals surface area contributed by atoms with Crippen molar-refractivity contribution in [3.8, 4) is 0 Å². The van der Waals surface area contributed by atoms with Gasteiger partial charge in [0.15, 0.2) is 0 Å². The highest BCUT2D eigenvalue weighted by atomic mass is 16.6. The maximum Gasteiger partial charge on any atom is 0.315 e. The smallest absolute Gasteiger partial charge is 0.315 e. The van der Waals surface area contributed by atoms with Gasteiger partial charge in [0.25, 0.3) is 0 Å². The zero-order chi connectivity index (χ0) is 22.5. The SMILES string of the molecule is C=C1C[C@]23C[C@@]1(O)CC[C@H]2C1=C[C@@H]2OC(=O)[C@@](C)([C@H]1[C@@H]3C(=O)NCC1CCCCC1)[C@H]2O. The number of rotatable bonds is 3. The number of carbonyl (C=O) groups excluding carboxylic acids is 2. The molecule has 0 aromatic carbocycles. The van der Waals surface area contributed by atoms with Crippen LogP contribution in [0.1, 0.15) is 64.7 Å². The molecule has 6 aliphatic rings. The average molecular weight is 442 g/mol. The average Bonchev–Trinajstić information content (AvgIpc) is 3.21. The largest absolute Gasteiger partial charge is 0.455 e. The highest BCUT2D eigenvalue weighted by Gasteiger charge is 2.75. The Morgan fingerprint density at radius 2 is 2.03 bits per heavy atom.